The molecule has 1 aliphatic heterocycles. The minimum Gasteiger partial charge on any atom is -0.330 e. The number of rotatable bonds is 3. The summed E-state index contributed by atoms with van der Waals surface area (Å²) in [5.74, 6) is 3.50. The van der Waals surface area contributed by atoms with Crippen LogP contribution in [0, 0.1) is 5.41 Å². The smallest absolute Gasteiger partial charge is 0.0380 e. The van der Waals surface area contributed by atoms with Gasteiger partial charge in [-0.1, -0.05) is 33.1 Å². The summed E-state index contributed by atoms with van der Waals surface area (Å²) in [7, 11) is 0. The molecule has 0 saturated heterocycles. The van der Waals surface area contributed by atoms with E-state index in [2.05, 4.69) is 19.1 Å². The number of allylic oxidation sites excluding steroid dienone is 3. The van der Waals surface area contributed by atoms with Gasteiger partial charge in [0.15, 0.2) is 0 Å². The Balaban J connectivity index is 0.000000659. The lowest BCUT2D eigenvalue weighted by Crippen LogP contribution is -2.27. The van der Waals surface area contributed by atoms with Crippen molar-refractivity contribution in [3.05, 3.63) is 49.0 Å². The lowest BCUT2D eigenvalue weighted by atomic mass is 10.0. The number of hydrogen-bond donors (Lipinski definition) is 3. The van der Waals surface area contributed by atoms with Gasteiger partial charge in [-0.05, 0) is 25.0 Å². The van der Waals surface area contributed by atoms with Crippen LogP contribution in [0.3, 0.4) is 0 Å². The van der Waals surface area contributed by atoms with Crippen molar-refractivity contribution in [1.82, 2.24) is 4.90 Å². The fourth-order valence-electron chi connectivity index (χ4n) is 1.76. The molecule has 0 aromatic heterocycles. The van der Waals surface area contributed by atoms with Crippen LogP contribution >= 0.6 is 0 Å². The normalized spacial score (nSPS) is 18.3. The molecule has 1 fully saturated rings. The van der Waals surface area contributed by atoms with Gasteiger partial charge in [0.05, 0.1) is 0 Å². The summed E-state index contributed by atoms with van der Waals surface area (Å²) < 4.78 is 0. The van der Waals surface area contributed by atoms with Crippen LogP contribution in [0.5, 0.6) is 0 Å². The second-order valence-corrected chi connectivity index (χ2v) is 3.99. The van der Waals surface area contributed by atoms with Crippen LogP contribution < -0.4 is 11.6 Å². The van der Waals surface area contributed by atoms with Gasteiger partial charge in [-0.2, -0.15) is 0 Å². The molecule has 1 heterocycles. The molecule has 1 saturated carbocycles. The Morgan fingerprint density at radius 2 is 1.94 bits per heavy atom. The van der Waals surface area contributed by atoms with Gasteiger partial charge in [0.1, 0.15) is 0 Å². The van der Waals surface area contributed by atoms with Crippen molar-refractivity contribution in [3.8, 4) is 0 Å². The Morgan fingerprint density at radius 3 is 2.33 bits per heavy atom. The molecule has 4 nitrogen and oxygen atoms in total. The molecule has 18 heavy (non-hydrogen) atoms. The molecule has 4 heteroatoms. The van der Waals surface area contributed by atoms with Crippen LogP contribution in [0.2, 0.25) is 0 Å². The quantitative estimate of drug-likeness (QED) is 0.674. The van der Waals surface area contributed by atoms with Crippen molar-refractivity contribution in [3.63, 3.8) is 0 Å². The lowest BCUT2D eigenvalue weighted by molar-refractivity contribution is 0.311. The highest BCUT2D eigenvalue weighted by atomic mass is 16.4. The molecule has 2 rings (SSSR count). The first-order chi connectivity index (χ1) is 8.69. The zero-order valence-corrected chi connectivity index (χ0v) is 11.4. The molecule has 0 aromatic carbocycles. The number of nitrogens with zero attached hydrogens (tertiary/aromatic N) is 1. The molecule has 5 N–H and O–H groups in total. The molecule has 0 bridgehead atoms. The first-order valence-electron chi connectivity index (χ1n) is 6.18. The van der Waals surface area contributed by atoms with E-state index < -0.39 is 0 Å². The molecule has 0 atom stereocenters. The molecule has 0 aromatic rings. The summed E-state index contributed by atoms with van der Waals surface area (Å²) in [6.45, 7) is 12.8. The molecule has 0 spiro atoms. The van der Waals surface area contributed by atoms with Gasteiger partial charge in [-0.15, -0.1) is 0 Å². The van der Waals surface area contributed by atoms with Gasteiger partial charge < -0.3 is 15.8 Å². The maximum Gasteiger partial charge on any atom is 0.0380 e. The second kappa shape index (κ2) is 7.87. The van der Waals surface area contributed by atoms with E-state index in [-0.39, 0.29) is 5.41 Å². The zero-order chi connectivity index (χ0) is 14.2. The molecule has 0 radical (unpaired) electrons. The zero-order valence-electron chi connectivity index (χ0n) is 11.4. The van der Waals surface area contributed by atoms with Crippen LogP contribution in [-0.2, 0) is 0 Å². The van der Waals surface area contributed by atoms with Gasteiger partial charge in [0.25, 0.3) is 0 Å². The average molecular weight is 251 g/mol. The molecule has 0 unspecified atom stereocenters. The van der Waals surface area contributed by atoms with E-state index in [0.717, 1.165) is 24.2 Å². The summed E-state index contributed by atoms with van der Waals surface area (Å²) in [6, 6.07) is 0. The van der Waals surface area contributed by atoms with Crippen molar-refractivity contribution in [2.45, 2.75) is 26.7 Å². The standard InChI is InChI=1S/C12H16N2.C2H6.H3NO/c1-10-5-3-4-8-14(10)11(2)12(9-13)6-7-12;2*1-2/h3-5,8H,1-2,6-7,9,13H2;1-2H3;2H,1H2. The van der Waals surface area contributed by atoms with Crippen molar-refractivity contribution in [2.24, 2.45) is 17.0 Å². The first-order valence-corrected chi connectivity index (χ1v) is 6.18. The van der Waals surface area contributed by atoms with Crippen LogP contribution in [0.4, 0.5) is 0 Å². The van der Waals surface area contributed by atoms with Crippen molar-refractivity contribution in [1.29, 1.82) is 0 Å². The lowest BCUT2D eigenvalue weighted by Gasteiger charge is -2.30. The summed E-state index contributed by atoms with van der Waals surface area (Å²) in [4.78, 5) is 2.04. The Kier molecular flexibility index (Phi) is 7.27. The minimum atomic E-state index is 0.151. The molecular weight excluding hydrogens is 226 g/mol. The van der Waals surface area contributed by atoms with E-state index in [1.54, 1.807) is 0 Å². The maximum atomic E-state index is 6.50. The van der Waals surface area contributed by atoms with Gasteiger partial charge in [-0.3, -0.25) is 0 Å². The Bertz CT molecular complexity index is 341. The SMILES string of the molecule is C=C1C=CC=CN1C(=C)C1(CN)CC1.CC.NO. The van der Waals surface area contributed by atoms with Gasteiger partial charge in [-0.25, -0.2) is 5.90 Å². The van der Waals surface area contributed by atoms with Crippen molar-refractivity contribution >= 4 is 0 Å². The maximum absolute atomic E-state index is 6.50. The van der Waals surface area contributed by atoms with Gasteiger partial charge >= 0.3 is 0 Å². The van der Waals surface area contributed by atoms with E-state index in [4.69, 9.17) is 10.9 Å². The number of hydrogen-bond acceptors (Lipinski definition) is 4. The molecular formula is C14H25N3O. The van der Waals surface area contributed by atoms with E-state index in [1.807, 2.05) is 43.2 Å². The second-order valence-electron chi connectivity index (χ2n) is 3.99. The third-order valence-electron chi connectivity index (χ3n) is 3.09. The first kappa shape index (κ1) is 16.6. The third-order valence-corrected chi connectivity index (χ3v) is 3.09. The highest BCUT2D eigenvalue weighted by molar-refractivity contribution is 5.34. The van der Waals surface area contributed by atoms with E-state index >= 15 is 0 Å². The molecule has 0 amide bonds. The Labute approximate surface area is 110 Å². The van der Waals surface area contributed by atoms with Crippen LogP contribution in [0.15, 0.2) is 49.0 Å². The minimum absolute atomic E-state index is 0.151. The number of nitrogens with two attached hydrogens (primary N) is 2. The molecule has 2 aliphatic rings. The van der Waals surface area contributed by atoms with E-state index in [0.29, 0.717) is 6.54 Å². The summed E-state index contributed by atoms with van der Waals surface area (Å²) in [5, 5.41) is 6.50. The fraction of sp³-hybridized carbons (Fsp3) is 0.429. The average Bonchev–Trinajstić information content (AvgIpc) is 3.24. The Morgan fingerprint density at radius 1 is 1.39 bits per heavy atom. The predicted molar refractivity (Wildman–Crippen MR) is 76.4 cm³/mol. The third kappa shape index (κ3) is 3.57. The van der Waals surface area contributed by atoms with Crippen molar-refractivity contribution < 1.29 is 5.21 Å². The topological polar surface area (TPSA) is 75.5 Å². The summed E-state index contributed by atoms with van der Waals surface area (Å²) in [5.41, 5.74) is 7.97. The summed E-state index contributed by atoms with van der Waals surface area (Å²) >= 11 is 0. The molecule has 1 aliphatic carbocycles. The summed E-state index contributed by atoms with van der Waals surface area (Å²) in [6.07, 6.45) is 10.3. The largest absolute Gasteiger partial charge is 0.330 e. The van der Waals surface area contributed by atoms with Gasteiger partial charge in [0.2, 0.25) is 0 Å². The highest BCUT2D eigenvalue weighted by Gasteiger charge is 2.45. The predicted octanol–water partition coefficient (Wildman–Crippen LogP) is 2.50. The van der Waals surface area contributed by atoms with E-state index in [9.17, 15) is 0 Å². The fourth-order valence-corrected chi connectivity index (χ4v) is 1.76. The highest BCUT2D eigenvalue weighted by Crippen LogP contribution is 2.52. The van der Waals surface area contributed by atoms with Crippen LogP contribution in [0.25, 0.3) is 0 Å². The van der Waals surface area contributed by atoms with Crippen LogP contribution in [-0.4, -0.2) is 16.7 Å². The van der Waals surface area contributed by atoms with Crippen LogP contribution in [0.1, 0.15) is 26.7 Å². The van der Waals surface area contributed by atoms with Crippen molar-refractivity contribution in [2.75, 3.05) is 6.54 Å². The monoisotopic (exact) mass is 251 g/mol. The molecule has 102 valence electrons. The van der Waals surface area contributed by atoms with E-state index in [1.165, 1.54) is 0 Å². The van der Waals surface area contributed by atoms with Gasteiger partial charge in [0, 0.05) is 29.6 Å². The Hall–Kier alpha value is -1.36.